The fourth-order valence-corrected chi connectivity index (χ4v) is 0.334. The minimum Gasteiger partial charge on any atom is -0.330 e. The van der Waals surface area contributed by atoms with Gasteiger partial charge in [0, 0.05) is 12.5 Å². The highest BCUT2D eigenvalue weighted by Gasteiger charge is 1.87. The molecule has 0 heterocycles. The maximum absolute atomic E-state index is 10.2. The van der Waals surface area contributed by atoms with Crippen molar-refractivity contribution in [3.8, 4) is 0 Å². The number of nitrogens with two attached hydrogens (primary N) is 1. The maximum atomic E-state index is 10.2. The second-order valence-corrected chi connectivity index (χ2v) is 2.35. The van der Waals surface area contributed by atoms with Gasteiger partial charge in [0.1, 0.15) is 11.7 Å². The van der Waals surface area contributed by atoms with Crippen LogP contribution in [-0.4, -0.2) is 18.3 Å². The molecule has 0 aliphatic carbocycles. The van der Waals surface area contributed by atoms with Gasteiger partial charge in [0.05, 0.1) is 0 Å². The van der Waals surface area contributed by atoms with E-state index in [4.69, 9.17) is 5.73 Å². The molecule has 0 bridgehead atoms. The topological polar surface area (TPSA) is 60.2 Å². The Morgan fingerprint density at radius 2 is 2.00 bits per heavy atom. The summed E-state index contributed by atoms with van der Waals surface area (Å²) in [6.07, 6.45) is 3.40. The molecule has 13 heavy (non-hydrogen) atoms. The molecule has 0 saturated carbocycles. The molecule has 0 aromatic heterocycles. The van der Waals surface area contributed by atoms with Crippen molar-refractivity contribution in [3.05, 3.63) is 6.08 Å². The lowest BCUT2D eigenvalue weighted by Crippen LogP contribution is -1.93. The summed E-state index contributed by atoms with van der Waals surface area (Å²) in [6, 6.07) is 0. The first-order chi connectivity index (χ1) is 5.68. The normalized spacial score (nSPS) is 7.00. The minimum absolute atomic E-state index is 0. The molecule has 0 spiro atoms. The van der Waals surface area contributed by atoms with E-state index in [2.05, 4.69) is 6.92 Å². The number of Topliss-reactive ketones (excluding diaryl/α,β-unsaturated/α-hetero) is 1. The van der Waals surface area contributed by atoms with Crippen molar-refractivity contribution in [2.75, 3.05) is 6.54 Å². The van der Waals surface area contributed by atoms with E-state index >= 15 is 0 Å². The van der Waals surface area contributed by atoms with Gasteiger partial charge in [0.15, 0.2) is 0 Å². The van der Waals surface area contributed by atoms with E-state index in [1.165, 1.54) is 13.0 Å². The van der Waals surface area contributed by atoms with Crippen LogP contribution in [0.3, 0.4) is 0 Å². The quantitative estimate of drug-likeness (QED) is 0.682. The van der Waals surface area contributed by atoms with Gasteiger partial charge in [0.25, 0.3) is 0 Å². The minimum atomic E-state index is 0. The molecule has 0 radical (unpaired) electrons. The summed E-state index contributed by atoms with van der Waals surface area (Å²) in [7, 11) is 0. The maximum Gasteiger partial charge on any atom is 0.130 e. The van der Waals surface area contributed by atoms with E-state index in [1.54, 1.807) is 5.94 Å². The highest BCUT2D eigenvalue weighted by atomic mass is 16.1. The number of rotatable bonds is 4. The summed E-state index contributed by atoms with van der Waals surface area (Å²) in [5.74, 6) is 1.70. The fraction of sp³-hybridized carbons (Fsp3) is 0.700. The summed E-state index contributed by atoms with van der Waals surface area (Å²) >= 11 is 0. The first-order valence-corrected chi connectivity index (χ1v) is 4.07. The van der Waals surface area contributed by atoms with Gasteiger partial charge in [0.2, 0.25) is 0 Å². The van der Waals surface area contributed by atoms with Crippen LogP contribution in [0, 0.1) is 0 Å². The molecule has 3 heteroatoms. The SMILES string of the molecule is C.CC(=O)CCC=C=O.CCCN. The molecule has 0 aromatic rings. The van der Waals surface area contributed by atoms with Crippen LogP contribution >= 0.6 is 0 Å². The summed E-state index contributed by atoms with van der Waals surface area (Å²) in [5, 5.41) is 0. The van der Waals surface area contributed by atoms with Crippen LogP contribution in [0.25, 0.3) is 0 Å². The number of hydrogen-bond acceptors (Lipinski definition) is 3. The number of allylic oxidation sites excluding steroid dienone is 1. The van der Waals surface area contributed by atoms with Crippen LogP contribution in [0.5, 0.6) is 0 Å². The van der Waals surface area contributed by atoms with Gasteiger partial charge in [-0.1, -0.05) is 14.4 Å². The summed E-state index contributed by atoms with van der Waals surface area (Å²) in [6.45, 7) is 4.37. The average molecular weight is 187 g/mol. The second-order valence-electron chi connectivity index (χ2n) is 2.35. The lowest BCUT2D eigenvalue weighted by molar-refractivity contribution is -0.116. The van der Waals surface area contributed by atoms with E-state index in [1.807, 2.05) is 0 Å². The lowest BCUT2D eigenvalue weighted by Gasteiger charge is -1.81. The third kappa shape index (κ3) is 35.4. The zero-order valence-corrected chi connectivity index (χ0v) is 7.80. The van der Waals surface area contributed by atoms with Crippen molar-refractivity contribution in [3.63, 3.8) is 0 Å². The number of ketones is 1. The third-order valence-corrected chi connectivity index (χ3v) is 1.01. The molecule has 0 atom stereocenters. The molecular weight excluding hydrogens is 166 g/mol. The van der Waals surface area contributed by atoms with Gasteiger partial charge in [-0.25, -0.2) is 4.79 Å². The largest absolute Gasteiger partial charge is 0.330 e. The van der Waals surface area contributed by atoms with Crippen LogP contribution in [0.1, 0.15) is 40.5 Å². The number of carbonyl (C=O) groups excluding carboxylic acids is 2. The Labute approximate surface area is 81.0 Å². The second kappa shape index (κ2) is 17.2. The molecule has 0 amide bonds. The Balaban J connectivity index is -0.000000173. The Bertz CT molecular complexity index is 145. The van der Waals surface area contributed by atoms with Crippen LogP contribution < -0.4 is 5.73 Å². The molecule has 78 valence electrons. The summed E-state index contributed by atoms with van der Waals surface area (Å²) in [4.78, 5) is 19.7. The first kappa shape index (κ1) is 18.0. The first-order valence-electron chi connectivity index (χ1n) is 4.07. The van der Waals surface area contributed by atoms with Gasteiger partial charge in [-0.2, -0.15) is 0 Å². The Morgan fingerprint density at radius 3 is 2.23 bits per heavy atom. The highest BCUT2D eigenvalue weighted by molar-refractivity contribution is 5.75. The number of carbonyl (C=O) groups is 1. The zero-order valence-electron chi connectivity index (χ0n) is 7.80. The van der Waals surface area contributed by atoms with Crippen molar-refractivity contribution < 1.29 is 9.59 Å². The van der Waals surface area contributed by atoms with Crippen molar-refractivity contribution in [2.24, 2.45) is 5.73 Å². The van der Waals surface area contributed by atoms with Crippen molar-refractivity contribution in [2.45, 2.75) is 40.5 Å². The van der Waals surface area contributed by atoms with E-state index in [9.17, 15) is 9.59 Å². The van der Waals surface area contributed by atoms with Crippen molar-refractivity contribution in [1.29, 1.82) is 0 Å². The van der Waals surface area contributed by atoms with E-state index in [0.717, 1.165) is 13.0 Å². The van der Waals surface area contributed by atoms with Gasteiger partial charge in [-0.3, -0.25) is 0 Å². The lowest BCUT2D eigenvalue weighted by atomic mass is 10.2. The molecule has 0 aliphatic heterocycles. The number of hydrogen-bond donors (Lipinski definition) is 1. The van der Waals surface area contributed by atoms with Crippen LogP contribution in [0.15, 0.2) is 6.08 Å². The van der Waals surface area contributed by atoms with Crippen molar-refractivity contribution in [1.82, 2.24) is 0 Å². The third-order valence-electron chi connectivity index (χ3n) is 1.01. The summed E-state index contributed by atoms with van der Waals surface area (Å²) in [5.41, 5.74) is 5.03. The van der Waals surface area contributed by atoms with Crippen LogP contribution in [0.2, 0.25) is 0 Å². The van der Waals surface area contributed by atoms with E-state index < -0.39 is 0 Å². The fourth-order valence-electron chi connectivity index (χ4n) is 0.334. The molecule has 0 fully saturated rings. The van der Waals surface area contributed by atoms with Gasteiger partial charge in [-0.15, -0.1) is 0 Å². The van der Waals surface area contributed by atoms with Gasteiger partial charge in [-0.05, 0) is 26.3 Å². The van der Waals surface area contributed by atoms with Gasteiger partial charge >= 0.3 is 0 Å². The molecule has 0 aromatic carbocycles. The predicted octanol–water partition coefficient (Wildman–Crippen LogP) is 1.73. The zero-order chi connectivity index (χ0) is 9.82. The molecule has 2 N–H and O–H groups in total. The summed E-state index contributed by atoms with van der Waals surface area (Å²) < 4.78 is 0. The molecule has 0 saturated heterocycles. The van der Waals surface area contributed by atoms with Gasteiger partial charge < -0.3 is 10.5 Å². The standard InChI is InChI=1S/C6H8O2.C3H9N.CH4/c1-6(8)4-2-3-5-7;1-2-3-4;/h3H,2,4H2,1H3;2-4H2,1H3;1H4. The average Bonchev–Trinajstić information content (AvgIpc) is 2.05. The van der Waals surface area contributed by atoms with E-state index in [-0.39, 0.29) is 13.2 Å². The predicted molar refractivity (Wildman–Crippen MR) is 56.3 cm³/mol. The van der Waals surface area contributed by atoms with Crippen LogP contribution in [-0.2, 0) is 9.59 Å². The monoisotopic (exact) mass is 187 g/mol. The molecule has 0 rings (SSSR count). The van der Waals surface area contributed by atoms with Crippen LogP contribution in [0.4, 0.5) is 0 Å². The highest BCUT2D eigenvalue weighted by Crippen LogP contribution is 1.87. The Morgan fingerprint density at radius 1 is 1.54 bits per heavy atom. The Hall–Kier alpha value is -0.920. The smallest absolute Gasteiger partial charge is 0.130 e. The van der Waals surface area contributed by atoms with Crippen molar-refractivity contribution >= 4 is 11.7 Å². The van der Waals surface area contributed by atoms with E-state index in [0.29, 0.717) is 12.8 Å². The molecule has 0 aliphatic rings. The molecule has 0 unspecified atom stereocenters. The molecule has 3 nitrogen and oxygen atoms in total. The molecular formula is C10H21NO2. The Kier molecular flexibility index (Phi) is 23.9.